The number of halogens is 1. The van der Waals surface area contributed by atoms with Gasteiger partial charge in [-0.05, 0) is 38.5 Å². The molecule has 6 nitrogen and oxygen atoms in total. The predicted molar refractivity (Wildman–Crippen MR) is 99.3 cm³/mol. The molecule has 0 atom stereocenters. The first-order valence-corrected chi connectivity index (χ1v) is 9.05. The first kappa shape index (κ1) is 18.9. The van der Waals surface area contributed by atoms with Crippen molar-refractivity contribution in [2.24, 2.45) is 0 Å². The molecule has 0 spiro atoms. The van der Waals surface area contributed by atoms with E-state index in [4.69, 9.17) is 4.74 Å². The minimum absolute atomic E-state index is 0.0119. The number of aromatic amines is 1. The summed E-state index contributed by atoms with van der Waals surface area (Å²) in [5, 5.41) is 0. The molecule has 1 saturated heterocycles. The summed E-state index contributed by atoms with van der Waals surface area (Å²) in [5.74, 6) is -0.253. The molecule has 27 heavy (non-hydrogen) atoms. The SMILES string of the molecule is Cc1cc(C(=O)N2CCCN(C(=O)COc3cccc(F)c3)CC2)c(C)[nH]1. The number of benzene rings is 1. The summed E-state index contributed by atoms with van der Waals surface area (Å²) in [5.41, 5.74) is 2.50. The lowest BCUT2D eigenvalue weighted by atomic mass is 10.2. The standard InChI is InChI=1S/C20H24FN3O3/c1-14-11-18(15(2)22-14)20(26)24-8-4-7-23(9-10-24)19(25)13-27-17-6-3-5-16(21)12-17/h3,5-6,11-12,22H,4,7-10,13H2,1-2H3. The Morgan fingerprint density at radius 3 is 2.56 bits per heavy atom. The quantitative estimate of drug-likeness (QED) is 0.896. The van der Waals surface area contributed by atoms with Crippen LogP contribution < -0.4 is 4.74 Å². The Hall–Kier alpha value is -2.83. The fraction of sp³-hybridized carbons (Fsp3) is 0.400. The first-order valence-electron chi connectivity index (χ1n) is 9.05. The Balaban J connectivity index is 1.55. The number of carbonyl (C=O) groups excluding carboxylic acids is 2. The van der Waals surface area contributed by atoms with E-state index < -0.39 is 5.82 Å². The van der Waals surface area contributed by atoms with Crippen molar-refractivity contribution in [1.82, 2.24) is 14.8 Å². The van der Waals surface area contributed by atoms with Gasteiger partial charge < -0.3 is 19.5 Å². The molecule has 7 heteroatoms. The van der Waals surface area contributed by atoms with Crippen LogP contribution in [0.1, 0.15) is 28.2 Å². The van der Waals surface area contributed by atoms with Gasteiger partial charge in [0.2, 0.25) is 0 Å². The van der Waals surface area contributed by atoms with Crippen molar-refractivity contribution in [2.45, 2.75) is 20.3 Å². The molecule has 3 rings (SSSR count). The molecule has 1 aromatic carbocycles. The maximum absolute atomic E-state index is 13.2. The first-order chi connectivity index (χ1) is 12.9. The molecule has 1 fully saturated rings. The summed E-state index contributed by atoms with van der Waals surface area (Å²) < 4.78 is 18.6. The molecule has 0 bridgehead atoms. The van der Waals surface area contributed by atoms with Crippen molar-refractivity contribution in [3.8, 4) is 5.75 Å². The fourth-order valence-corrected chi connectivity index (χ4v) is 3.28. The van der Waals surface area contributed by atoms with E-state index in [1.165, 1.54) is 18.2 Å². The lowest BCUT2D eigenvalue weighted by Gasteiger charge is -2.22. The minimum Gasteiger partial charge on any atom is -0.484 e. The van der Waals surface area contributed by atoms with Crippen LogP contribution in [0.4, 0.5) is 4.39 Å². The van der Waals surface area contributed by atoms with E-state index >= 15 is 0 Å². The molecule has 2 heterocycles. The number of aryl methyl sites for hydroxylation is 2. The van der Waals surface area contributed by atoms with Gasteiger partial charge in [0.1, 0.15) is 11.6 Å². The van der Waals surface area contributed by atoms with Crippen molar-refractivity contribution >= 4 is 11.8 Å². The van der Waals surface area contributed by atoms with Gasteiger partial charge in [-0.25, -0.2) is 4.39 Å². The highest BCUT2D eigenvalue weighted by Crippen LogP contribution is 2.15. The van der Waals surface area contributed by atoms with E-state index in [0.717, 1.165) is 11.4 Å². The molecular formula is C20H24FN3O3. The largest absolute Gasteiger partial charge is 0.484 e. The summed E-state index contributed by atoms with van der Waals surface area (Å²) in [6.07, 6.45) is 0.708. The van der Waals surface area contributed by atoms with Gasteiger partial charge >= 0.3 is 0 Å². The smallest absolute Gasteiger partial charge is 0.260 e. The number of amides is 2. The van der Waals surface area contributed by atoms with Crippen molar-refractivity contribution in [2.75, 3.05) is 32.8 Å². The maximum Gasteiger partial charge on any atom is 0.260 e. The lowest BCUT2D eigenvalue weighted by Crippen LogP contribution is -2.39. The average molecular weight is 373 g/mol. The molecule has 0 saturated carbocycles. The van der Waals surface area contributed by atoms with Crippen LogP contribution in [0, 0.1) is 19.7 Å². The van der Waals surface area contributed by atoms with Gasteiger partial charge in [0, 0.05) is 43.6 Å². The van der Waals surface area contributed by atoms with E-state index in [1.54, 1.807) is 15.9 Å². The predicted octanol–water partition coefficient (Wildman–Crippen LogP) is 2.52. The highest BCUT2D eigenvalue weighted by molar-refractivity contribution is 5.95. The number of aromatic nitrogens is 1. The van der Waals surface area contributed by atoms with Gasteiger partial charge in [-0.15, -0.1) is 0 Å². The molecule has 1 aromatic heterocycles. The number of ether oxygens (including phenoxy) is 1. The summed E-state index contributed by atoms with van der Waals surface area (Å²) in [4.78, 5) is 31.8. The fourth-order valence-electron chi connectivity index (χ4n) is 3.28. The van der Waals surface area contributed by atoms with Crippen molar-refractivity contribution in [1.29, 1.82) is 0 Å². The molecule has 2 amide bonds. The Morgan fingerprint density at radius 1 is 1.11 bits per heavy atom. The molecular weight excluding hydrogens is 349 g/mol. The maximum atomic E-state index is 13.2. The number of H-pyrrole nitrogens is 1. The topological polar surface area (TPSA) is 65.6 Å². The van der Waals surface area contributed by atoms with E-state index in [1.807, 2.05) is 19.9 Å². The van der Waals surface area contributed by atoms with Gasteiger partial charge in [-0.3, -0.25) is 9.59 Å². The molecule has 1 N–H and O–H groups in total. The number of hydrogen-bond donors (Lipinski definition) is 1. The van der Waals surface area contributed by atoms with Crippen LogP contribution >= 0.6 is 0 Å². The highest BCUT2D eigenvalue weighted by atomic mass is 19.1. The van der Waals surface area contributed by atoms with Crippen LogP contribution in [0.2, 0.25) is 0 Å². The second-order valence-corrected chi connectivity index (χ2v) is 6.76. The second kappa shape index (κ2) is 8.24. The number of nitrogens with zero attached hydrogens (tertiary/aromatic N) is 2. The molecule has 0 radical (unpaired) electrons. The summed E-state index contributed by atoms with van der Waals surface area (Å²) in [7, 11) is 0. The normalized spacial score (nSPS) is 14.8. The monoisotopic (exact) mass is 373 g/mol. The summed E-state index contributed by atoms with van der Waals surface area (Å²) in [6.45, 7) is 5.78. The third-order valence-corrected chi connectivity index (χ3v) is 4.67. The van der Waals surface area contributed by atoms with Gasteiger partial charge in [-0.2, -0.15) is 0 Å². The van der Waals surface area contributed by atoms with Crippen LogP contribution in [-0.2, 0) is 4.79 Å². The van der Waals surface area contributed by atoms with E-state index in [9.17, 15) is 14.0 Å². The summed E-state index contributed by atoms with van der Waals surface area (Å²) in [6, 6.07) is 7.58. The zero-order valence-corrected chi connectivity index (χ0v) is 15.6. The second-order valence-electron chi connectivity index (χ2n) is 6.76. The van der Waals surface area contributed by atoms with Gasteiger partial charge in [0.25, 0.3) is 11.8 Å². The van der Waals surface area contributed by atoms with Crippen LogP contribution in [0.3, 0.4) is 0 Å². The third-order valence-electron chi connectivity index (χ3n) is 4.67. The van der Waals surface area contributed by atoms with Gasteiger partial charge in [0.05, 0.1) is 5.56 Å². The Morgan fingerprint density at radius 2 is 1.85 bits per heavy atom. The lowest BCUT2D eigenvalue weighted by molar-refractivity contribution is -0.133. The molecule has 2 aromatic rings. The Labute approximate surface area is 157 Å². The number of rotatable bonds is 4. The van der Waals surface area contributed by atoms with Crippen LogP contribution in [0.25, 0.3) is 0 Å². The molecule has 1 aliphatic heterocycles. The number of hydrogen-bond acceptors (Lipinski definition) is 3. The molecule has 144 valence electrons. The zero-order valence-electron chi connectivity index (χ0n) is 15.6. The van der Waals surface area contributed by atoms with E-state index in [-0.39, 0.29) is 18.4 Å². The van der Waals surface area contributed by atoms with Crippen LogP contribution in [0.15, 0.2) is 30.3 Å². The van der Waals surface area contributed by atoms with Crippen LogP contribution in [-0.4, -0.2) is 59.4 Å². The van der Waals surface area contributed by atoms with E-state index in [2.05, 4.69) is 4.98 Å². The Bertz CT molecular complexity index is 834. The highest BCUT2D eigenvalue weighted by Gasteiger charge is 2.24. The number of nitrogens with one attached hydrogen (secondary N) is 1. The van der Waals surface area contributed by atoms with Crippen molar-refractivity contribution in [3.05, 3.63) is 53.1 Å². The number of carbonyl (C=O) groups is 2. The zero-order chi connectivity index (χ0) is 19.4. The third kappa shape index (κ3) is 4.67. The Kier molecular flexibility index (Phi) is 5.78. The van der Waals surface area contributed by atoms with Gasteiger partial charge in [0.15, 0.2) is 6.61 Å². The molecule has 0 aliphatic carbocycles. The molecule has 0 unspecified atom stereocenters. The van der Waals surface area contributed by atoms with Crippen LogP contribution in [0.5, 0.6) is 5.75 Å². The van der Waals surface area contributed by atoms with Crippen molar-refractivity contribution < 1.29 is 18.7 Å². The van der Waals surface area contributed by atoms with Crippen molar-refractivity contribution in [3.63, 3.8) is 0 Å². The average Bonchev–Trinajstić information content (AvgIpc) is 2.84. The molecule has 1 aliphatic rings. The van der Waals surface area contributed by atoms with E-state index in [0.29, 0.717) is 43.9 Å². The summed E-state index contributed by atoms with van der Waals surface area (Å²) >= 11 is 0. The minimum atomic E-state index is -0.404. The van der Waals surface area contributed by atoms with Gasteiger partial charge in [-0.1, -0.05) is 6.07 Å².